The zero-order valence-corrected chi connectivity index (χ0v) is 19.7. The molecule has 0 unspecified atom stereocenters. The van der Waals surface area contributed by atoms with Gasteiger partial charge in [0.15, 0.2) is 0 Å². The molecule has 2 heterocycles. The average molecular weight is 456 g/mol. The molecule has 6 heteroatoms. The Morgan fingerprint density at radius 2 is 1.81 bits per heavy atom. The summed E-state index contributed by atoms with van der Waals surface area (Å²) in [5.41, 5.74) is 3.08. The number of nitrogens with one attached hydrogen (secondary N) is 1. The first-order valence-corrected chi connectivity index (χ1v) is 12.1. The summed E-state index contributed by atoms with van der Waals surface area (Å²) >= 11 is 6.23. The predicted octanol–water partition coefficient (Wildman–Crippen LogP) is 4.03. The van der Waals surface area contributed by atoms with Crippen molar-refractivity contribution in [2.75, 3.05) is 57.4 Å². The molecule has 32 heavy (non-hydrogen) atoms. The van der Waals surface area contributed by atoms with Crippen LogP contribution in [0.3, 0.4) is 0 Å². The standard InChI is InChI=1S/C26H34ClN3O2/c1-21-5-2-8-24(19-21)30-15-13-29(14-16-30)12-4-11-28-25(31)26(9-17-32-18-10-26)22-6-3-7-23(27)20-22/h2-3,5-8,19-20H,4,9-18H2,1H3,(H,28,31). The lowest BCUT2D eigenvalue weighted by atomic mass is 9.73. The van der Waals surface area contributed by atoms with Crippen molar-refractivity contribution in [2.45, 2.75) is 31.6 Å². The Bertz CT molecular complexity index is 905. The van der Waals surface area contributed by atoms with Gasteiger partial charge in [-0.05, 0) is 68.1 Å². The van der Waals surface area contributed by atoms with Crippen molar-refractivity contribution >= 4 is 23.2 Å². The third-order valence-electron chi connectivity index (χ3n) is 6.83. The molecule has 5 nitrogen and oxygen atoms in total. The minimum Gasteiger partial charge on any atom is -0.381 e. The lowest BCUT2D eigenvalue weighted by molar-refractivity contribution is -0.130. The lowest BCUT2D eigenvalue weighted by Crippen LogP contribution is -2.49. The number of hydrogen-bond donors (Lipinski definition) is 1. The number of carbonyl (C=O) groups excluding carboxylic acids is 1. The first-order chi connectivity index (χ1) is 15.6. The SMILES string of the molecule is Cc1cccc(N2CCN(CCCNC(=O)C3(c4cccc(Cl)c4)CCOCC3)CC2)c1. The number of carbonyl (C=O) groups is 1. The molecule has 4 rings (SSSR count). The van der Waals surface area contributed by atoms with Gasteiger partial charge in [-0.25, -0.2) is 0 Å². The average Bonchev–Trinajstić information content (AvgIpc) is 2.82. The molecule has 0 atom stereocenters. The first kappa shape index (κ1) is 23.1. The van der Waals surface area contributed by atoms with E-state index in [0.29, 0.717) is 37.6 Å². The fourth-order valence-electron chi connectivity index (χ4n) is 4.88. The summed E-state index contributed by atoms with van der Waals surface area (Å²) in [6.45, 7) is 9.27. The van der Waals surface area contributed by atoms with Gasteiger partial charge in [-0.2, -0.15) is 0 Å². The molecule has 2 saturated heterocycles. The van der Waals surface area contributed by atoms with Crippen molar-refractivity contribution in [3.8, 4) is 0 Å². The molecule has 2 aromatic carbocycles. The van der Waals surface area contributed by atoms with Gasteiger partial charge in [0.05, 0.1) is 5.41 Å². The van der Waals surface area contributed by atoms with Gasteiger partial charge in [0.1, 0.15) is 0 Å². The van der Waals surface area contributed by atoms with Crippen LogP contribution >= 0.6 is 11.6 Å². The van der Waals surface area contributed by atoms with Crippen LogP contribution in [0.5, 0.6) is 0 Å². The number of benzene rings is 2. The summed E-state index contributed by atoms with van der Waals surface area (Å²) in [5.74, 6) is 0.104. The normalized spacial score (nSPS) is 19.0. The third kappa shape index (κ3) is 5.45. The molecule has 172 valence electrons. The van der Waals surface area contributed by atoms with Gasteiger partial charge in [0, 0.05) is 56.6 Å². The van der Waals surface area contributed by atoms with Crippen LogP contribution in [0.4, 0.5) is 5.69 Å². The minimum atomic E-state index is -0.539. The van der Waals surface area contributed by atoms with Crippen LogP contribution in [-0.4, -0.2) is 63.3 Å². The molecule has 1 amide bonds. The summed E-state index contributed by atoms with van der Waals surface area (Å²) in [4.78, 5) is 18.2. The van der Waals surface area contributed by atoms with Crippen molar-refractivity contribution in [1.82, 2.24) is 10.2 Å². The number of amides is 1. The van der Waals surface area contributed by atoms with E-state index in [-0.39, 0.29) is 5.91 Å². The Labute approximate surface area is 196 Å². The highest BCUT2D eigenvalue weighted by atomic mass is 35.5. The highest BCUT2D eigenvalue weighted by Crippen LogP contribution is 2.36. The maximum absolute atomic E-state index is 13.3. The molecule has 0 bridgehead atoms. The predicted molar refractivity (Wildman–Crippen MR) is 131 cm³/mol. The van der Waals surface area contributed by atoms with Gasteiger partial charge >= 0.3 is 0 Å². The fourth-order valence-corrected chi connectivity index (χ4v) is 5.07. The second-order valence-corrected chi connectivity index (χ2v) is 9.42. The molecule has 2 aliphatic heterocycles. The Kier molecular flexibility index (Phi) is 7.71. The second kappa shape index (κ2) is 10.7. The summed E-state index contributed by atoms with van der Waals surface area (Å²) in [7, 11) is 0. The van der Waals surface area contributed by atoms with Crippen molar-refractivity contribution in [3.05, 3.63) is 64.7 Å². The highest BCUT2D eigenvalue weighted by Gasteiger charge is 2.41. The lowest BCUT2D eigenvalue weighted by Gasteiger charge is -2.37. The molecule has 0 aromatic heterocycles. The van der Waals surface area contributed by atoms with E-state index in [4.69, 9.17) is 16.3 Å². The van der Waals surface area contributed by atoms with Crippen LogP contribution in [0.1, 0.15) is 30.4 Å². The van der Waals surface area contributed by atoms with Gasteiger partial charge in [-0.1, -0.05) is 35.9 Å². The van der Waals surface area contributed by atoms with E-state index in [0.717, 1.165) is 44.7 Å². The van der Waals surface area contributed by atoms with E-state index in [1.165, 1.54) is 11.3 Å². The van der Waals surface area contributed by atoms with E-state index in [1.807, 2.05) is 24.3 Å². The summed E-state index contributed by atoms with van der Waals surface area (Å²) < 4.78 is 5.56. The highest BCUT2D eigenvalue weighted by molar-refractivity contribution is 6.30. The first-order valence-electron chi connectivity index (χ1n) is 11.7. The van der Waals surface area contributed by atoms with Crippen LogP contribution in [0.2, 0.25) is 5.02 Å². The number of piperazine rings is 1. The summed E-state index contributed by atoms with van der Waals surface area (Å²) in [6, 6.07) is 16.5. The van der Waals surface area contributed by atoms with Crippen LogP contribution in [0.15, 0.2) is 48.5 Å². The van der Waals surface area contributed by atoms with Gasteiger partial charge in [0.25, 0.3) is 0 Å². The molecule has 0 aliphatic carbocycles. The van der Waals surface area contributed by atoms with Gasteiger partial charge in [-0.3, -0.25) is 9.69 Å². The Balaban J connectivity index is 1.25. The number of halogens is 1. The number of nitrogens with zero attached hydrogens (tertiary/aromatic N) is 2. The van der Waals surface area contributed by atoms with Crippen LogP contribution in [-0.2, 0) is 14.9 Å². The third-order valence-corrected chi connectivity index (χ3v) is 7.07. The van der Waals surface area contributed by atoms with Crippen molar-refractivity contribution in [3.63, 3.8) is 0 Å². The maximum Gasteiger partial charge on any atom is 0.230 e. The molecular weight excluding hydrogens is 422 g/mol. The molecule has 2 aliphatic rings. The topological polar surface area (TPSA) is 44.8 Å². The Morgan fingerprint density at radius 3 is 2.53 bits per heavy atom. The van der Waals surface area contributed by atoms with E-state index in [2.05, 4.69) is 46.3 Å². The van der Waals surface area contributed by atoms with E-state index in [9.17, 15) is 4.79 Å². The Hall–Kier alpha value is -2.08. The molecule has 0 radical (unpaired) electrons. The molecule has 0 spiro atoms. The van der Waals surface area contributed by atoms with Crippen molar-refractivity contribution in [1.29, 1.82) is 0 Å². The number of aryl methyl sites for hydroxylation is 1. The summed E-state index contributed by atoms with van der Waals surface area (Å²) in [6.07, 6.45) is 2.35. The number of hydrogen-bond acceptors (Lipinski definition) is 4. The van der Waals surface area contributed by atoms with Crippen molar-refractivity contribution < 1.29 is 9.53 Å². The van der Waals surface area contributed by atoms with E-state index in [1.54, 1.807) is 0 Å². The molecular formula is C26H34ClN3O2. The molecule has 2 fully saturated rings. The maximum atomic E-state index is 13.3. The van der Waals surface area contributed by atoms with Crippen LogP contribution < -0.4 is 10.2 Å². The Morgan fingerprint density at radius 1 is 1.06 bits per heavy atom. The number of anilines is 1. The minimum absolute atomic E-state index is 0.104. The summed E-state index contributed by atoms with van der Waals surface area (Å²) in [5, 5.41) is 3.89. The van der Waals surface area contributed by atoms with E-state index < -0.39 is 5.41 Å². The number of ether oxygens (including phenoxy) is 1. The zero-order chi connectivity index (χ0) is 22.4. The zero-order valence-electron chi connectivity index (χ0n) is 19.0. The van der Waals surface area contributed by atoms with Gasteiger partial charge in [-0.15, -0.1) is 0 Å². The molecule has 0 saturated carbocycles. The largest absolute Gasteiger partial charge is 0.381 e. The number of rotatable bonds is 7. The van der Waals surface area contributed by atoms with E-state index >= 15 is 0 Å². The van der Waals surface area contributed by atoms with Crippen LogP contribution in [0.25, 0.3) is 0 Å². The monoisotopic (exact) mass is 455 g/mol. The molecule has 1 N–H and O–H groups in total. The van der Waals surface area contributed by atoms with Gasteiger partial charge in [0.2, 0.25) is 5.91 Å². The quantitative estimate of drug-likeness (QED) is 0.640. The van der Waals surface area contributed by atoms with Crippen molar-refractivity contribution in [2.24, 2.45) is 0 Å². The van der Waals surface area contributed by atoms with Crippen LogP contribution in [0, 0.1) is 6.92 Å². The molecule has 2 aromatic rings. The smallest absolute Gasteiger partial charge is 0.230 e. The second-order valence-electron chi connectivity index (χ2n) is 8.98. The van der Waals surface area contributed by atoms with Gasteiger partial charge < -0.3 is 15.0 Å². The fraction of sp³-hybridized carbons (Fsp3) is 0.500.